The van der Waals surface area contributed by atoms with E-state index < -0.39 is 35.7 Å². The summed E-state index contributed by atoms with van der Waals surface area (Å²) in [6, 6.07) is 13.1. The molecule has 1 heterocycles. The van der Waals surface area contributed by atoms with E-state index in [0.717, 1.165) is 0 Å². The highest BCUT2D eigenvalue weighted by Crippen LogP contribution is 2.43. The molecule has 0 unspecified atom stereocenters. The van der Waals surface area contributed by atoms with Gasteiger partial charge < -0.3 is 9.64 Å². The zero-order valence-corrected chi connectivity index (χ0v) is 17.0. The predicted octanol–water partition coefficient (Wildman–Crippen LogP) is 5.23. The van der Waals surface area contributed by atoms with Crippen LogP contribution in [0, 0.1) is 11.2 Å². The molecule has 0 N–H and O–H groups in total. The Morgan fingerprint density at radius 2 is 1.68 bits per heavy atom. The van der Waals surface area contributed by atoms with Crippen LogP contribution in [0.25, 0.3) is 11.1 Å². The number of hydrogen-bond donors (Lipinski definition) is 0. The van der Waals surface area contributed by atoms with Crippen molar-refractivity contribution in [1.29, 1.82) is 0 Å². The van der Waals surface area contributed by atoms with Crippen LogP contribution >= 0.6 is 0 Å². The Hall–Kier alpha value is -2.90. The van der Waals surface area contributed by atoms with Crippen molar-refractivity contribution in [2.75, 3.05) is 19.7 Å². The molecule has 0 radical (unpaired) electrons. The fraction of sp³-hybridized carbons (Fsp3) is 0.391. The lowest BCUT2D eigenvalue weighted by Gasteiger charge is -2.40. The van der Waals surface area contributed by atoms with Gasteiger partial charge in [-0.15, -0.1) is 0 Å². The third-order valence-corrected chi connectivity index (χ3v) is 5.57. The van der Waals surface area contributed by atoms with Crippen molar-refractivity contribution >= 4 is 11.9 Å². The summed E-state index contributed by atoms with van der Waals surface area (Å²) in [6.07, 6.45) is -6.26. The van der Waals surface area contributed by atoms with Gasteiger partial charge in [0, 0.05) is 13.1 Å². The summed E-state index contributed by atoms with van der Waals surface area (Å²) in [5.74, 6) is -2.22. The number of benzene rings is 2. The topological polar surface area (TPSA) is 46.6 Å². The van der Waals surface area contributed by atoms with Crippen LogP contribution in [0.2, 0.25) is 0 Å². The number of hydrogen-bond acceptors (Lipinski definition) is 3. The maximum Gasteiger partial charge on any atom is 0.390 e. The highest BCUT2D eigenvalue weighted by molar-refractivity contribution is 6.01. The van der Waals surface area contributed by atoms with Gasteiger partial charge in [-0.2, -0.15) is 13.2 Å². The molecule has 2 aromatic carbocycles. The van der Waals surface area contributed by atoms with E-state index in [1.165, 1.54) is 24.0 Å². The minimum Gasteiger partial charge on any atom is -0.466 e. The Balaban J connectivity index is 1.86. The molecule has 31 heavy (non-hydrogen) atoms. The Kier molecular flexibility index (Phi) is 6.67. The van der Waals surface area contributed by atoms with Gasteiger partial charge in [-0.05, 0) is 37.0 Å². The first kappa shape index (κ1) is 22.8. The molecule has 4 nitrogen and oxygen atoms in total. The van der Waals surface area contributed by atoms with Gasteiger partial charge >= 0.3 is 12.1 Å². The Labute approximate surface area is 177 Å². The number of esters is 1. The first-order valence-corrected chi connectivity index (χ1v) is 10.0. The Bertz CT molecular complexity index is 936. The number of nitrogens with zero attached hydrogens (tertiary/aromatic N) is 1. The Morgan fingerprint density at radius 1 is 1.03 bits per heavy atom. The molecular formula is C23H23F4NO3. The highest BCUT2D eigenvalue weighted by Gasteiger charge is 2.50. The third-order valence-electron chi connectivity index (χ3n) is 5.57. The lowest BCUT2D eigenvalue weighted by Crippen LogP contribution is -2.49. The molecule has 8 heteroatoms. The number of ether oxygens (including phenoxy) is 1. The SMILES string of the molecule is CCOC(=O)C1(CC(F)(F)F)CCN(C(=O)c2c(F)cccc2-c2ccccc2)CC1. The van der Waals surface area contributed by atoms with Crippen LogP contribution in [-0.2, 0) is 9.53 Å². The van der Waals surface area contributed by atoms with Crippen molar-refractivity contribution in [3.05, 3.63) is 59.9 Å². The zero-order chi connectivity index (χ0) is 22.6. The van der Waals surface area contributed by atoms with Crippen LogP contribution in [0.15, 0.2) is 48.5 Å². The van der Waals surface area contributed by atoms with Gasteiger partial charge in [0.2, 0.25) is 0 Å². The highest BCUT2D eigenvalue weighted by atomic mass is 19.4. The van der Waals surface area contributed by atoms with Gasteiger partial charge in [0.1, 0.15) is 5.82 Å². The zero-order valence-electron chi connectivity index (χ0n) is 17.0. The van der Waals surface area contributed by atoms with Crippen molar-refractivity contribution < 1.29 is 31.9 Å². The summed E-state index contributed by atoms with van der Waals surface area (Å²) in [5, 5.41) is 0. The van der Waals surface area contributed by atoms with Crippen LogP contribution in [0.1, 0.15) is 36.5 Å². The normalized spacial score (nSPS) is 16.1. The minimum atomic E-state index is -4.55. The fourth-order valence-electron chi connectivity index (χ4n) is 4.02. The third kappa shape index (κ3) is 5.06. The maximum absolute atomic E-state index is 14.7. The smallest absolute Gasteiger partial charge is 0.390 e. The first-order chi connectivity index (χ1) is 14.7. The van der Waals surface area contributed by atoms with Crippen molar-refractivity contribution in [1.82, 2.24) is 4.90 Å². The summed E-state index contributed by atoms with van der Waals surface area (Å²) >= 11 is 0. The number of carbonyl (C=O) groups excluding carboxylic acids is 2. The van der Waals surface area contributed by atoms with Crippen LogP contribution in [0.4, 0.5) is 17.6 Å². The molecule has 1 saturated heterocycles. The molecule has 0 atom stereocenters. The molecule has 1 fully saturated rings. The maximum atomic E-state index is 14.7. The first-order valence-electron chi connectivity index (χ1n) is 10.0. The molecule has 1 aliphatic heterocycles. The lowest BCUT2D eigenvalue weighted by molar-refractivity contribution is -0.187. The van der Waals surface area contributed by atoms with E-state index in [2.05, 4.69) is 0 Å². The molecule has 166 valence electrons. The monoisotopic (exact) mass is 437 g/mol. The average molecular weight is 437 g/mol. The number of alkyl halides is 3. The van der Waals surface area contributed by atoms with E-state index in [4.69, 9.17) is 4.74 Å². The molecule has 0 aromatic heterocycles. The van der Waals surface area contributed by atoms with Crippen molar-refractivity contribution in [3.63, 3.8) is 0 Å². The van der Waals surface area contributed by atoms with E-state index in [0.29, 0.717) is 11.1 Å². The second-order valence-electron chi connectivity index (χ2n) is 7.61. The number of carbonyl (C=O) groups is 2. The largest absolute Gasteiger partial charge is 0.466 e. The van der Waals surface area contributed by atoms with E-state index >= 15 is 0 Å². The van der Waals surface area contributed by atoms with Crippen molar-refractivity contribution in [3.8, 4) is 11.1 Å². The van der Waals surface area contributed by atoms with Crippen LogP contribution in [0.3, 0.4) is 0 Å². The molecule has 0 aliphatic carbocycles. The van der Waals surface area contributed by atoms with E-state index in [1.807, 2.05) is 0 Å². The molecule has 0 saturated carbocycles. The molecule has 1 aliphatic rings. The van der Waals surface area contributed by atoms with E-state index in [9.17, 15) is 27.2 Å². The quantitative estimate of drug-likeness (QED) is 0.475. The summed E-state index contributed by atoms with van der Waals surface area (Å²) < 4.78 is 59.1. The number of halogens is 4. The van der Waals surface area contributed by atoms with Gasteiger partial charge in [-0.3, -0.25) is 9.59 Å². The number of amides is 1. The second-order valence-corrected chi connectivity index (χ2v) is 7.61. The number of rotatable bonds is 5. The van der Waals surface area contributed by atoms with Crippen LogP contribution < -0.4 is 0 Å². The van der Waals surface area contributed by atoms with Gasteiger partial charge in [-0.1, -0.05) is 42.5 Å². The predicted molar refractivity (Wildman–Crippen MR) is 107 cm³/mol. The molecule has 3 rings (SSSR count). The van der Waals surface area contributed by atoms with E-state index in [-0.39, 0.29) is 38.1 Å². The van der Waals surface area contributed by atoms with Crippen molar-refractivity contribution in [2.24, 2.45) is 5.41 Å². The minimum absolute atomic E-state index is 0.0310. The van der Waals surface area contributed by atoms with Gasteiger partial charge in [0.25, 0.3) is 5.91 Å². The lowest BCUT2D eigenvalue weighted by atomic mass is 9.75. The molecule has 2 aromatic rings. The summed E-state index contributed by atoms with van der Waals surface area (Å²) in [4.78, 5) is 26.8. The molecule has 1 amide bonds. The Morgan fingerprint density at radius 3 is 2.26 bits per heavy atom. The van der Waals surface area contributed by atoms with E-state index in [1.54, 1.807) is 36.4 Å². The van der Waals surface area contributed by atoms with Crippen molar-refractivity contribution in [2.45, 2.75) is 32.4 Å². The van der Waals surface area contributed by atoms with Gasteiger partial charge in [-0.25, -0.2) is 4.39 Å². The average Bonchev–Trinajstić information content (AvgIpc) is 2.73. The summed E-state index contributed by atoms with van der Waals surface area (Å²) in [5.41, 5.74) is -0.806. The number of likely N-dealkylation sites (tertiary alicyclic amines) is 1. The van der Waals surface area contributed by atoms with Gasteiger partial charge in [0.05, 0.1) is 24.0 Å². The van der Waals surface area contributed by atoms with Crippen LogP contribution in [-0.4, -0.2) is 42.6 Å². The second kappa shape index (κ2) is 9.08. The molecule has 0 spiro atoms. The standard InChI is InChI=1S/C23H23F4NO3/c1-2-31-21(30)22(15-23(25,26)27)11-13-28(14-12-22)20(29)19-17(9-6-10-18(19)24)16-7-4-3-5-8-16/h3-10H,2,11-15H2,1H3. The molecular weight excluding hydrogens is 414 g/mol. The summed E-state index contributed by atoms with van der Waals surface area (Å²) in [6.45, 7) is 1.30. The van der Waals surface area contributed by atoms with Gasteiger partial charge in [0.15, 0.2) is 0 Å². The molecule has 0 bridgehead atoms. The summed E-state index contributed by atoms with van der Waals surface area (Å²) in [7, 11) is 0. The number of piperidine rings is 1. The van der Waals surface area contributed by atoms with Crippen LogP contribution in [0.5, 0.6) is 0 Å². The fourth-order valence-corrected chi connectivity index (χ4v) is 4.02.